The van der Waals surface area contributed by atoms with Gasteiger partial charge in [0.25, 0.3) is 0 Å². The molecule has 0 aliphatic heterocycles. The highest BCUT2D eigenvalue weighted by molar-refractivity contribution is 6.18. The number of esters is 2. The van der Waals surface area contributed by atoms with Crippen LogP contribution in [-0.4, -0.2) is 25.2 Å². The second-order valence-electron chi connectivity index (χ2n) is 6.89. The SMILES string of the molecule is CCOC(=O)C#CCCCCc1c(C(=O)OCC)c2ccccc2c2ccccc12. The highest BCUT2D eigenvalue weighted by Crippen LogP contribution is 2.34. The van der Waals surface area contributed by atoms with E-state index in [1.165, 1.54) is 0 Å². The number of carbonyl (C=O) groups is 2. The molecule has 0 heterocycles. The van der Waals surface area contributed by atoms with Gasteiger partial charge in [-0.3, -0.25) is 0 Å². The third-order valence-corrected chi connectivity index (χ3v) is 4.96. The van der Waals surface area contributed by atoms with Crippen LogP contribution in [0.25, 0.3) is 21.5 Å². The van der Waals surface area contributed by atoms with Crippen molar-refractivity contribution < 1.29 is 19.1 Å². The number of unbranched alkanes of at least 4 members (excludes halogenated alkanes) is 2. The maximum absolute atomic E-state index is 12.9. The van der Waals surface area contributed by atoms with Crippen LogP contribution in [0, 0.1) is 11.8 Å². The van der Waals surface area contributed by atoms with Crippen LogP contribution in [0.15, 0.2) is 48.5 Å². The van der Waals surface area contributed by atoms with Gasteiger partial charge in [-0.2, -0.15) is 0 Å². The predicted octanol–water partition coefficient (Wildman–Crippen LogP) is 5.45. The Morgan fingerprint density at radius 3 is 2.07 bits per heavy atom. The summed E-state index contributed by atoms with van der Waals surface area (Å²) in [6.45, 7) is 4.25. The lowest BCUT2D eigenvalue weighted by Gasteiger charge is -2.16. The first-order valence-electron chi connectivity index (χ1n) is 10.4. The third-order valence-electron chi connectivity index (χ3n) is 4.96. The Morgan fingerprint density at radius 2 is 1.40 bits per heavy atom. The zero-order valence-corrected chi connectivity index (χ0v) is 17.5. The Bertz CT molecular complexity index is 1120. The monoisotopic (exact) mass is 402 g/mol. The lowest BCUT2D eigenvalue weighted by atomic mass is 9.89. The molecular weight excluding hydrogens is 376 g/mol. The molecular formula is C26H26O4. The van der Waals surface area contributed by atoms with Gasteiger partial charge in [0.2, 0.25) is 0 Å². The molecule has 0 N–H and O–H groups in total. The first kappa shape index (κ1) is 21.4. The summed E-state index contributed by atoms with van der Waals surface area (Å²) in [5, 5.41) is 4.20. The lowest BCUT2D eigenvalue weighted by Crippen LogP contribution is -2.10. The topological polar surface area (TPSA) is 52.6 Å². The molecule has 0 aliphatic carbocycles. The van der Waals surface area contributed by atoms with Crippen LogP contribution >= 0.6 is 0 Å². The minimum Gasteiger partial charge on any atom is -0.462 e. The van der Waals surface area contributed by atoms with Crippen LogP contribution < -0.4 is 0 Å². The van der Waals surface area contributed by atoms with E-state index in [4.69, 9.17) is 9.47 Å². The minimum absolute atomic E-state index is 0.281. The number of fused-ring (bicyclic) bond motifs is 3. The fourth-order valence-electron chi connectivity index (χ4n) is 3.73. The maximum Gasteiger partial charge on any atom is 0.384 e. The molecule has 0 bridgehead atoms. The Kier molecular flexibility index (Phi) is 7.45. The van der Waals surface area contributed by atoms with Gasteiger partial charge < -0.3 is 9.47 Å². The zero-order valence-electron chi connectivity index (χ0n) is 17.5. The average molecular weight is 402 g/mol. The quantitative estimate of drug-likeness (QED) is 0.173. The molecule has 3 rings (SSSR count). The number of ether oxygens (including phenoxy) is 2. The van der Waals surface area contributed by atoms with E-state index in [0.717, 1.165) is 46.4 Å². The summed E-state index contributed by atoms with van der Waals surface area (Å²) >= 11 is 0. The molecule has 154 valence electrons. The van der Waals surface area contributed by atoms with Crippen molar-refractivity contribution in [1.82, 2.24) is 0 Å². The van der Waals surface area contributed by atoms with E-state index >= 15 is 0 Å². The van der Waals surface area contributed by atoms with Gasteiger partial charge in [0, 0.05) is 12.3 Å². The van der Waals surface area contributed by atoms with E-state index in [0.29, 0.717) is 25.2 Å². The number of hydrogen-bond acceptors (Lipinski definition) is 4. The smallest absolute Gasteiger partial charge is 0.384 e. The van der Waals surface area contributed by atoms with Gasteiger partial charge in [-0.15, -0.1) is 0 Å². The zero-order chi connectivity index (χ0) is 21.3. The Hall–Kier alpha value is -3.32. The summed E-state index contributed by atoms with van der Waals surface area (Å²) < 4.78 is 10.2. The fourth-order valence-corrected chi connectivity index (χ4v) is 3.73. The molecule has 0 unspecified atom stereocenters. The number of benzene rings is 3. The molecule has 3 aromatic carbocycles. The molecule has 0 atom stereocenters. The second kappa shape index (κ2) is 10.5. The molecule has 0 spiro atoms. The lowest BCUT2D eigenvalue weighted by molar-refractivity contribution is -0.136. The van der Waals surface area contributed by atoms with Gasteiger partial charge in [-0.25, -0.2) is 9.59 Å². The second-order valence-corrected chi connectivity index (χ2v) is 6.89. The molecule has 0 radical (unpaired) electrons. The predicted molar refractivity (Wildman–Crippen MR) is 119 cm³/mol. The molecule has 3 aromatic rings. The molecule has 0 fully saturated rings. The van der Waals surface area contributed by atoms with E-state index < -0.39 is 5.97 Å². The van der Waals surface area contributed by atoms with Crippen molar-refractivity contribution in [1.29, 1.82) is 0 Å². The highest BCUT2D eigenvalue weighted by atomic mass is 16.5. The normalized spacial score (nSPS) is 10.5. The van der Waals surface area contributed by atoms with Crippen LogP contribution in [0.1, 0.15) is 49.0 Å². The van der Waals surface area contributed by atoms with E-state index in [9.17, 15) is 9.59 Å². The standard InChI is InChI=1S/C26H26O4/c1-3-29-24(27)18-8-6-5-7-16-22-20-14-10-9-13-19(20)21-15-11-12-17-23(21)25(22)26(28)30-4-2/h9-15,17H,3-7,16H2,1-2H3. The van der Waals surface area contributed by atoms with E-state index in [1.807, 2.05) is 37.3 Å². The Balaban J connectivity index is 1.92. The third kappa shape index (κ3) is 4.80. The molecule has 0 amide bonds. The molecule has 0 aromatic heterocycles. The molecule has 4 nitrogen and oxygen atoms in total. The van der Waals surface area contributed by atoms with Crippen LogP contribution in [0.5, 0.6) is 0 Å². The Labute approximate surface area is 177 Å². The summed E-state index contributed by atoms with van der Waals surface area (Å²) in [6.07, 6.45) is 3.03. The van der Waals surface area contributed by atoms with Gasteiger partial charge in [-0.05, 0) is 60.2 Å². The summed E-state index contributed by atoms with van der Waals surface area (Å²) in [7, 11) is 0. The summed E-state index contributed by atoms with van der Waals surface area (Å²) in [6, 6.07) is 16.2. The minimum atomic E-state index is -0.484. The van der Waals surface area contributed by atoms with Crippen LogP contribution in [0.3, 0.4) is 0 Å². The molecule has 4 heteroatoms. The average Bonchev–Trinajstić information content (AvgIpc) is 2.76. The number of hydrogen-bond donors (Lipinski definition) is 0. The van der Waals surface area contributed by atoms with E-state index in [-0.39, 0.29) is 5.97 Å². The van der Waals surface area contributed by atoms with Gasteiger partial charge in [0.05, 0.1) is 18.8 Å². The number of rotatable bonds is 7. The summed E-state index contributed by atoms with van der Waals surface area (Å²) in [4.78, 5) is 24.2. The van der Waals surface area contributed by atoms with Crippen molar-refractivity contribution in [3.8, 4) is 11.8 Å². The Morgan fingerprint density at radius 1 is 0.800 bits per heavy atom. The van der Waals surface area contributed by atoms with Crippen molar-refractivity contribution in [3.05, 3.63) is 59.7 Å². The van der Waals surface area contributed by atoms with Gasteiger partial charge in [0.1, 0.15) is 0 Å². The molecule has 30 heavy (non-hydrogen) atoms. The summed E-state index contributed by atoms with van der Waals surface area (Å²) in [5.74, 6) is 4.60. The summed E-state index contributed by atoms with van der Waals surface area (Å²) in [5.41, 5.74) is 1.67. The molecule has 0 aliphatic rings. The fraction of sp³-hybridized carbons (Fsp3) is 0.308. The maximum atomic E-state index is 12.9. The van der Waals surface area contributed by atoms with Crippen molar-refractivity contribution in [3.63, 3.8) is 0 Å². The van der Waals surface area contributed by atoms with Crippen LogP contribution in [-0.2, 0) is 20.7 Å². The van der Waals surface area contributed by atoms with E-state index in [2.05, 4.69) is 30.0 Å². The van der Waals surface area contributed by atoms with Crippen molar-refractivity contribution >= 4 is 33.5 Å². The van der Waals surface area contributed by atoms with Gasteiger partial charge in [0.15, 0.2) is 0 Å². The van der Waals surface area contributed by atoms with Crippen molar-refractivity contribution in [2.24, 2.45) is 0 Å². The van der Waals surface area contributed by atoms with Crippen molar-refractivity contribution in [2.75, 3.05) is 13.2 Å². The van der Waals surface area contributed by atoms with Crippen molar-refractivity contribution in [2.45, 2.75) is 39.5 Å². The van der Waals surface area contributed by atoms with Gasteiger partial charge in [-0.1, -0.05) is 54.5 Å². The number of carbonyl (C=O) groups excluding carboxylic acids is 2. The molecule has 0 saturated carbocycles. The highest BCUT2D eigenvalue weighted by Gasteiger charge is 2.20. The van der Waals surface area contributed by atoms with Crippen LogP contribution in [0.2, 0.25) is 0 Å². The molecule has 0 saturated heterocycles. The first-order chi connectivity index (χ1) is 14.7. The largest absolute Gasteiger partial charge is 0.462 e. The van der Waals surface area contributed by atoms with Crippen LogP contribution in [0.4, 0.5) is 0 Å². The van der Waals surface area contributed by atoms with Gasteiger partial charge >= 0.3 is 11.9 Å². The number of aryl methyl sites for hydroxylation is 1. The first-order valence-corrected chi connectivity index (χ1v) is 10.4. The van der Waals surface area contributed by atoms with E-state index in [1.54, 1.807) is 6.92 Å².